The maximum absolute atomic E-state index is 12.7. The summed E-state index contributed by atoms with van der Waals surface area (Å²) in [5.41, 5.74) is 4.35. The van der Waals surface area contributed by atoms with Gasteiger partial charge >= 0.3 is 5.63 Å². The number of hydrogen-bond acceptors (Lipinski definition) is 5. The summed E-state index contributed by atoms with van der Waals surface area (Å²) < 4.78 is 7.65. The van der Waals surface area contributed by atoms with E-state index in [1.807, 2.05) is 54.0 Å². The van der Waals surface area contributed by atoms with Crippen LogP contribution in [0.25, 0.3) is 27.9 Å². The van der Waals surface area contributed by atoms with Crippen LogP contribution in [0.1, 0.15) is 19.4 Å². The first-order valence-corrected chi connectivity index (χ1v) is 10.0. The van der Waals surface area contributed by atoms with Crippen LogP contribution in [0.5, 0.6) is 0 Å². The van der Waals surface area contributed by atoms with Crippen LogP contribution in [0.15, 0.2) is 58.0 Å². The molecule has 2 atom stereocenters. The van der Waals surface area contributed by atoms with Gasteiger partial charge < -0.3 is 19.0 Å². The van der Waals surface area contributed by atoms with Crippen molar-refractivity contribution in [3.8, 4) is 11.3 Å². The molecule has 0 radical (unpaired) electrons. The molecule has 1 saturated heterocycles. The normalized spacial score (nSPS) is 19.9. The van der Waals surface area contributed by atoms with Gasteiger partial charge in [0, 0.05) is 54.7 Å². The van der Waals surface area contributed by atoms with Gasteiger partial charge in [-0.05, 0) is 50.6 Å². The van der Waals surface area contributed by atoms with Gasteiger partial charge in [0.2, 0.25) is 0 Å². The van der Waals surface area contributed by atoms with Crippen LogP contribution in [0.3, 0.4) is 0 Å². The van der Waals surface area contributed by atoms with Crippen molar-refractivity contribution in [3.63, 3.8) is 0 Å². The average Bonchev–Trinajstić information content (AvgIpc) is 3.11. The first-order valence-electron chi connectivity index (χ1n) is 10.0. The van der Waals surface area contributed by atoms with E-state index in [2.05, 4.69) is 35.1 Å². The largest absolute Gasteiger partial charge is 0.422 e. The molecule has 0 spiro atoms. The molecule has 4 aromatic rings. The summed E-state index contributed by atoms with van der Waals surface area (Å²) in [6.07, 6.45) is 3.81. The van der Waals surface area contributed by atoms with Crippen molar-refractivity contribution in [3.05, 3.63) is 64.8 Å². The predicted molar refractivity (Wildman–Crippen MR) is 116 cm³/mol. The number of nitrogens with one attached hydrogen (secondary N) is 1. The summed E-state index contributed by atoms with van der Waals surface area (Å²) in [5.74, 6) is 0. The number of rotatable bonds is 2. The lowest BCUT2D eigenvalue weighted by Crippen LogP contribution is -2.54. The zero-order chi connectivity index (χ0) is 20.1. The number of aryl methyl sites for hydroxylation is 1. The third-order valence-corrected chi connectivity index (χ3v) is 5.60. The Kier molecular flexibility index (Phi) is 4.17. The first-order chi connectivity index (χ1) is 14.0. The molecular weight excluding hydrogens is 364 g/mol. The maximum atomic E-state index is 12.7. The molecule has 6 heteroatoms. The first kappa shape index (κ1) is 17.9. The highest BCUT2D eigenvalue weighted by Crippen LogP contribution is 2.26. The molecule has 4 heterocycles. The van der Waals surface area contributed by atoms with Crippen LogP contribution in [-0.4, -0.2) is 34.6 Å². The molecule has 1 N–H and O–H groups in total. The van der Waals surface area contributed by atoms with Crippen LogP contribution >= 0.6 is 0 Å². The van der Waals surface area contributed by atoms with E-state index in [0.29, 0.717) is 28.9 Å². The Morgan fingerprint density at radius 2 is 1.93 bits per heavy atom. The van der Waals surface area contributed by atoms with Crippen molar-refractivity contribution < 1.29 is 4.42 Å². The third-order valence-electron chi connectivity index (χ3n) is 5.60. The fraction of sp³-hybridized carbons (Fsp3) is 0.304. The highest BCUT2D eigenvalue weighted by atomic mass is 16.4. The second-order valence-electron chi connectivity index (χ2n) is 8.09. The Hall–Kier alpha value is -3.12. The van der Waals surface area contributed by atoms with Crippen molar-refractivity contribution in [2.45, 2.75) is 32.9 Å². The van der Waals surface area contributed by atoms with Gasteiger partial charge in [0.1, 0.15) is 11.2 Å². The highest BCUT2D eigenvalue weighted by molar-refractivity contribution is 5.84. The second kappa shape index (κ2) is 6.74. The van der Waals surface area contributed by atoms with Gasteiger partial charge in [-0.1, -0.05) is 6.07 Å². The fourth-order valence-corrected chi connectivity index (χ4v) is 4.30. The van der Waals surface area contributed by atoms with E-state index < -0.39 is 0 Å². The Morgan fingerprint density at radius 1 is 1.14 bits per heavy atom. The van der Waals surface area contributed by atoms with Gasteiger partial charge in [0.25, 0.3) is 0 Å². The molecule has 29 heavy (non-hydrogen) atoms. The minimum Gasteiger partial charge on any atom is -0.422 e. The Bertz CT molecular complexity index is 1260. The monoisotopic (exact) mass is 388 g/mol. The zero-order valence-corrected chi connectivity index (χ0v) is 16.8. The summed E-state index contributed by atoms with van der Waals surface area (Å²) in [6.45, 7) is 8.24. The van der Waals surface area contributed by atoms with E-state index >= 15 is 0 Å². The van der Waals surface area contributed by atoms with Gasteiger partial charge in [-0.2, -0.15) is 0 Å². The number of piperazine rings is 1. The Labute approximate surface area is 168 Å². The Balaban J connectivity index is 1.56. The molecule has 1 aromatic carbocycles. The van der Waals surface area contributed by atoms with E-state index in [0.717, 1.165) is 35.4 Å². The van der Waals surface area contributed by atoms with E-state index in [1.54, 1.807) is 0 Å². The molecule has 1 fully saturated rings. The van der Waals surface area contributed by atoms with Crippen molar-refractivity contribution in [2.24, 2.45) is 0 Å². The third kappa shape index (κ3) is 3.19. The molecular formula is C23H24N4O2. The van der Waals surface area contributed by atoms with Gasteiger partial charge in [-0.3, -0.25) is 0 Å². The molecule has 1 aliphatic rings. The van der Waals surface area contributed by atoms with Crippen LogP contribution in [0, 0.1) is 6.92 Å². The van der Waals surface area contributed by atoms with Crippen molar-refractivity contribution in [1.29, 1.82) is 0 Å². The number of hydrogen-bond donors (Lipinski definition) is 1. The molecule has 0 unspecified atom stereocenters. The molecule has 5 rings (SSSR count). The standard InChI is InChI=1S/C23H24N4O2/c1-14-5-4-8-26-13-20(25-22(14)26)19-9-17-6-7-18(10-21(17)29-23(19)28)27-11-15(2)24-16(3)12-27/h4-10,13,15-16,24H,11-12H2,1-3H3/t15-,16+. The lowest BCUT2D eigenvalue weighted by molar-refractivity contribution is 0.407. The van der Waals surface area contributed by atoms with Gasteiger partial charge in [-0.25, -0.2) is 9.78 Å². The van der Waals surface area contributed by atoms with E-state index in [-0.39, 0.29) is 5.63 Å². The van der Waals surface area contributed by atoms with Gasteiger partial charge in [0.05, 0.1) is 11.3 Å². The summed E-state index contributed by atoms with van der Waals surface area (Å²) in [7, 11) is 0. The minimum atomic E-state index is -0.363. The maximum Gasteiger partial charge on any atom is 0.345 e. The number of fused-ring (bicyclic) bond motifs is 2. The van der Waals surface area contributed by atoms with Crippen LogP contribution < -0.4 is 15.8 Å². The number of benzene rings is 1. The molecule has 3 aromatic heterocycles. The number of nitrogens with zero attached hydrogens (tertiary/aromatic N) is 3. The highest BCUT2D eigenvalue weighted by Gasteiger charge is 2.21. The summed E-state index contributed by atoms with van der Waals surface area (Å²) >= 11 is 0. The molecule has 0 amide bonds. The lowest BCUT2D eigenvalue weighted by atomic mass is 10.1. The molecule has 148 valence electrons. The number of pyridine rings is 1. The molecule has 1 aliphatic heterocycles. The summed E-state index contributed by atoms with van der Waals surface area (Å²) in [4.78, 5) is 19.7. The predicted octanol–water partition coefficient (Wildman–Crippen LogP) is 3.60. The smallest absolute Gasteiger partial charge is 0.345 e. The number of anilines is 1. The molecule has 6 nitrogen and oxygen atoms in total. The minimum absolute atomic E-state index is 0.363. The zero-order valence-electron chi connectivity index (χ0n) is 16.8. The van der Waals surface area contributed by atoms with Gasteiger partial charge in [0.15, 0.2) is 0 Å². The van der Waals surface area contributed by atoms with Crippen molar-refractivity contribution in [1.82, 2.24) is 14.7 Å². The van der Waals surface area contributed by atoms with Crippen LogP contribution in [0.2, 0.25) is 0 Å². The molecule has 0 saturated carbocycles. The van der Waals surface area contributed by atoms with E-state index in [4.69, 9.17) is 4.42 Å². The molecule has 0 aliphatic carbocycles. The summed E-state index contributed by atoms with van der Waals surface area (Å²) in [5, 5.41) is 4.44. The number of imidazole rings is 1. The topological polar surface area (TPSA) is 62.8 Å². The van der Waals surface area contributed by atoms with E-state index in [9.17, 15) is 4.79 Å². The summed E-state index contributed by atoms with van der Waals surface area (Å²) in [6, 6.07) is 12.8. The molecule has 0 bridgehead atoms. The lowest BCUT2D eigenvalue weighted by Gasteiger charge is -2.37. The number of aromatic nitrogens is 2. The van der Waals surface area contributed by atoms with Gasteiger partial charge in [-0.15, -0.1) is 0 Å². The Morgan fingerprint density at radius 3 is 2.69 bits per heavy atom. The van der Waals surface area contributed by atoms with Crippen molar-refractivity contribution in [2.75, 3.05) is 18.0 Å². The van der Waals surface area contributed by atoms with Crippen LogP contribution in [-0.2, 0) is 0 Å². The SMILES string of the molecule is Cc1cccn2cc(-c3cc4ccc(N5C[C@@H](C)N[C@@H](C)C5)cc4oc3=O)nc12. The average molecular weight is 388 g/mol. The fourth-order valence-electron chi connectivity index (χ4n) is 4.30. The van der Waals surface area contributed by atoms with Crippen molar-refractivity contribution >= 4 is 22.3 Å². The second-order valence-corrected chi connectivity index (χ2v) is 8.09. The van der Waals surface area contributed by atoms with Crippen LogP contribution in [0.4, 0.5) is 5.69 Å². The van der Waals surface area contributed by atoms with E-state index in [1.165, 1.54) is 0 Å². The quantitative estimate of drug-likeness (QED) is 0.532.